The number of nitrogens with one attached hydrogen (secondary N) is 1. The van der Waals surface area contributed by atoms with Crippen LogP contribution < -0.4 is 10.9 Å². The predicted molar refractivity (Wildman–Crippen MR) is 84.4 cm³/mol. The second kappa shape index (κ2) is 6.66. The van der Waals surface area contributed by atoms with E-state index in [2.05, 4.69) is 30.5 Å². The molecule has 0 saturated carbocycles. The summed E-state index contributed by atoms with van der Waals surface area (Å²) in [4.78, 5) is 12.0. The largest absolute Gasteiger partial charge is 0.381 e. The number of hydrogen-bond acceptors (Lipinski definition) is 4. The Bertz CT molecular complexity index is 485. The van der Waals surface area contributed by atoms with E-state index in [1.54, 1.807) is 18.0 Å². The molecule has 0 amide bonds. The average molecular weight is 304 g/mol. The Labute approximate surface area is 123 Å². The van der Waals surface area contributed by atoms with Crippen LogP contribution in [-0.4, -0.2) is 27.3 Å². The minimum Gasteiger partial charge on any atom is -0.381 e. The van der Waals surface area contributed by atoms with Crippen molar-refractivity contribution in [3.8, 4) is 0 Å². The van der Waals surface area contributed by atoms with E-state index >= 15 is 0 Å². The van der Waals surface area contributed by atoms with Crippen LogP contribution in [0.15, 0.2) is 11.0 Å². The summed E-state index contributed by atoms with van der Waals surface area (Å²) in [6.07, 6.45) is 3.69. The quantitative estimate of drug-likeness (QED) is 0.877. The molecule has 0 unspecified atom stereocenters. The normalized spacial score (nSPS) is 11.9. The second-order valence-electron chi connectivity index (χ2n) is 5.57. The molecule has 6 heteroatoms. The Morgan fingerprint density at radius 1 is 1.53 bits per heavy atom. The van der Waals surface area contributed by atoms with Gasteiger partial charge in [-0.15, -0.1) is 0 Å². The zero-order valence-electron chi connectivity index (χ0n) is 12.2. The standard InChI is InChI=1S/C13H22ClN3OS/c1-9(2)7-17-12(18)11(14)10(6-16-17)15-8-13(3,4)19-5/h6,9,15H,7-8H2,1-5H3. The van der Waals surface area contributed by atoms with E-state index in [4.69, 9.17) is 11.6 Å². The summed E-state index contributed by atoms with van der Waals surface area (Å²) in [6.45, 7) is 9.64. The van der Waals surface area contributed by atoms with Crippen LogP contribution in [0.25, 0.3) is 0 Å². The molecule has 0 aliphatic carbocycles. The Morgan fingerprint density at radius 3 is 2.68 bits per heavy atom. The first-order valence-corrected chi connectivity index (χ1v) is 7.91. The van der Waals surface area contributed by atoms with E-state index < -0.39 is 0 Å². The zero-order chi connectivity index (χ0) is 14.6. The Kier molecular flexibility index (Phi) is 5.74. The van der Waals surface area contributed by atoms with Crippen molar-refractivity contribution >= 4 is 29.1 Å². The van der Waals surface area contributed by atoms with Gasteiger partial charge in [-0.1, -0.05) is 25.4 Å². The Hall–Kier alpha value is -0.680. The zero-order valence-corrected chi connectivity index (χ0v) is 13.7. The molecular weight excluding hydrogens is 282 g/mol. The summed E-state index contributed by atoms with van der Waals surface area (Å²) in [5.41, 5.74) is 0.371. The highest BCUT2D eigenvalue weighted by Gasteiger charge is 2.17. The van der Waals surface area contributed by atoms with E-state index in [1.807, 2.05) is 13.8 Å². The van der Waals surface area contributed by atoms with Gasteiger partial charge in [0.25, 0.3) is 5.56 Å². The molecule has 0 atom stereocenters. The first-order chi connectivity index (χ1) is 8.76. The minimum atomic E-state index is -0.234. The Morgan fingerprint density at radius 2 is 2.16 bits per heavy atom. The molecule has 4 nitrogen and oxygen atoms in total. The molecule has 1 N–H and O–H groups in total. The summed E-state index contributed by atoms with van der Waals surface area (Å²) in [7, 11) is 0. The fraction of sp³-hybridized carbons (Fsp3) is 0.692. The van der Waals surface area contributed by atoms with E-state index in [-0.39, 0.29) is 15.3 Å². The van der Waals surface area contributed by atoms with E-state index in [1.165, 1.54) is 4.68 Å². The van der Waals surface area contributed by atoms with Gasteiger partial charge in [0, 0.05) is 17.8 Å². The van der Waals surface area contributed by atoms with Crippen molar-refractivity contribution in [1.82, 2.24) is 9.78 Å². The van der Waals surface area contributed by atoms with Crippen molar-refractivity contribution in [2.45, 2.75) is 39.0 Å². The molecule has 0 aliphatic heterocycles. The third kappa shape index (κ3) is 4.73. The van der Waals surface area contributed by atoms with Crippen LogP contribution in [0.3, 0.4) is 0 Å². The molecule has 0 aliphatic rings. The summed E-state index contributed by atoms with van der Waals surface area (Å²) in [6, 6.07) is 0. The first kappa shape index (κ1) is 16.4. The van der Waals surface area contributed by atoms with Crippen molar-refractivity contribution in [2.24, 2.45) is 5.92 Å². The lowest BCUT2D eigenvalue weighted by Gasteiger charge is -2.23. The second-order valence-corrected chi connectivity index (χ2v) is 7.46. The van der Waals surface area contributed by atoms with Crippen molar-refractivity contribution in [3.63, 3.8) is 0 Å². The lowest BCUT2D eigenvalue weighted by molar-refractivity contribution is 0.464. The molecule has 0 radical (unpaired) electrons. The highest BCUT2D eigenvalue weighted by molar-refractivity contribution is 7.99. The number of rotatable bonds is 6. The molecule has 0 saturated heterocycles. The summed E-state index contributed by atoms with van der Waals surface area (Å²) in [5, 5.41) is 7.57. The maximum Gasteiger partial charge on any atom is 0.287 e. The molecule has 108 valence electrons. The van der Waals surface area contributed by atoms with Crippen molar-refractivity contribution in [3.05, 3.63) is 21.6 Å². The van der Waals surface area contributed by atoms with Crippen LogP contribution in [0.4, 0.5) is 5.69 Å². The Balaban J connectivity index is 2.88. The van der Waals surface area contributed by atoms with Crippen LogP contribution >= 0.6 is 23.4 Å². The number of anilines is 1. The molecule has 0 spiro atoms. The molecular formula is C13H22ClN3OS. The van der Waals surface area contributed by atoms with Gasteiger partial charge in [0.1, 0.15) is 5.02 Å². The van der Waals surface area contributed by atoms with Gasteiger partial charge >= 0.3 is 0 Å². The van der Waals surface area contributed by atoms with Gasteiger partial charge in [-0.05, 0) is 26.0 Å². The van der Waals surface area contributed by atoms with E-state index in [9.17, 15) is 4.79 Å². The smallest absolute Gasteiger partial charge is 0.287 e. The lowest BCUT2D eigenvalue weighted by atomic mass is 10.2. The predicted octanol–water partition coefficient (Wildman–Crippen LogP) is 3.11. The van der Waals surface area contributed by atoms with Crippen molar-refractivity contribution in [2.75, 3.05) is 18.1 Å². The van der Waals surface area contributed by atoms with Gasteiger partial charge in [-0.2, -0.15) is 16.9 Å². The lowest BCUT2D eigenvalue weighted by Crippen LogP contribution is -2.29. The molecule has 0 aromatic carbocycles. The van der Waals surface area contributed by atoms with E-state index in [0.29, 0.717) is 18.2 Å². The number of halogens is 1. The fourth-order valence-electron chi connectivity index (χ4n) is 1.44. The van der Waals surface area contributed by atoms with Crippen molar-refractivity contribution < 1.29 is 0 Å². The van der Waals surface area contributed by atoms with Crippen LogP contribution in [0.1, 0.15) is 27.7 Å². The SMILES string of the molecule is CSC(C)(C)CNc1cnn(CC(C)C)c(=O)c1Cl. The molecule has 0 fully saturated rings. The van der Waals surface area contributed by atoms with Gasteiger partial charge in [0.15, 0.2) is 0 Å². The van der Waals surface area contributed by atoms with Crippen LogP contribution in [0.2, 0.25) is 5.02 Å². The highest BCUT2D eigenvalue weighted by atomic mass is 35.5. The van der Waals surface area contributed by atoms with Gasteiger partial charge in [0.05, 0.1) is 11.9 Å². The maximum absolute atomic E-state index is 12.0. The molecule has 0 bridgehead atoms. The number of aromatic nitrogens is 2. The van der Waals surface area contributed by atoms with Crippen LogP contribution in [-0.2, 0) is 6.54 Å². The monoisotopic (exact) mass is 303 g/mol. The third-order valence-electron chi connectivity index (χ3n) is 2.78. The van der Waals surface area contributed by atoms with E-state index in [0.717, 1.165) is 6.54 Å². The van der Waals surface area contributed by atoms with Crippen LogP contribution in [0.5, 0.6) is 0 Å². The van der Waals surface area contributed by atoms with Gasteiger partial charge in [0.2, 0.25) is 0 Å². The molecule has 1 heterocycles. The van der Waals surface area contributed by atoms with Crippen LogP contribution in [0, 0.1) is 5.92 Å². The van der Waals surface area contributed by atoms with Crippen molar-refractivity contribution in [1.29, 1.82) is 0 Å². The molecule has 19 heavy (non-hydrogen) atoms. The summed E-state index contributed by atoms with van der Waals surface area (Å²) in [5.74, 6) is 0.357. The average Bonchev–Trinajstić information content (AvgIpc) is 2.34. The maximum atomic E-state index is 12.0. The number of hydrogen-bond donors (Lipinski definition) is 1. The summed E-state index contributed by atoms with van der Waals surface area (Å²) < 4.78 is 1.49. The van der Waals surface area contributed by atoms with Gasteiger partial charge in [-0.25, -0.2) is 4.68 Å². The van der Waals surface area contributed by atoms with Gasteiger partial charge < -0.3 is 5.32 Å². The summed E-state index contributed by atoms with van der Waals surface area (Å²) >= 11 is 7.87. The fourth-order valence-corrected chi connectivity index (χ4v) is 1.87. The molecule has 1 aromatic rings. The van der Waals surface area contributed by atoms with Gasteiger partial charge in [-0.3, -0.25) is 4.79 Å². The number of thioether (sulfide) groups is 1. The minimum absolute atomic E-state index is 0.0795. The first-order valence-electron chi connectivity index (χ1n) is 6.31. The third-order valence-corrected chi connectivity index (χ3v) is 4.39. The topological polar surface area (TPSA) is 46.9 Å². The molecule has 1 rings (SSSR count). The highest BCUT2D eigenvalue weighted by Crippen LogP contribution is 2.23. The molecule has 1 aromatic heterocycles. The number of nitrogens with zero attached hydrogens (tertiary/aromatic N) is 2.